The molecule has 2 aliphatic rings. The van der Waals surface area contributed by atoms with Gasteiger partial charge in [-0.3, -0.25) is 9.69 Å². The Bertz CT molecular complexity index is 662. The summed E-state index contributed by atoms with van der Waals surface area (Å²) in [6.45, 7) is 11.7. The molecule has 0 spiro atoms. The number of carbonyl (C=O) groups excluding carboxylic acids is 1. The fraction of sp³-hybridized carbons (Fsp3) is 0.810. The lowest BCUT2D eigenvalue weighted by molar-refractivity contribution is -0.128. The second kappa shape index (κ2) is 8.78. The van der Waals surface area contributed by atoms with Crippen LogP contribution in [0.3, 0.4) is 0 Å². The highest BCUT2D eigenvalue weighted by atomic mass is 32.1. The topological polar surface area (TPSA) is 63.7 Å². The highest BCUT2D eigenvalue weighted by Gasteiger charge is 2.38. The van der Waals surface area contributed by atoms with Crippen LogP contribution in [0, 0.1) is 5.92 Å². The summed E-state index contributed by atoms with van der Waals surface area (Å²) in [6, 6.07) is 2.43. The second-order valence-electron chi connectivity index (χ2n) is 9.15. The molecule has 1 amide bonds. The van der Waals surface area contributed by atoms with E-state index in [0.29, 0.717) is 12.0 Å². The van der Waals surface area contributed by atoms with E-state index in [1.165, 1.54) is 11.5 Å². The predicted octanol–water partition coefficient (Wildman–Crippen LogP) is 3.68. The van der Waals surface area contributed by atoms with Crippen molar-refractivity contribution in [1.29, 1.82) is 0 Å². The minimum Gasteiger partial charge on any atom is -0.381 e. The molecule has 0 aliphatic carbocycles. The number of likely N-dealkylation sites (N-methyl/N-ethyl adjacent to an activating group) is 1. The van der Waals surface area contributed by atoms with Crippen molar-refractivity contribution in [1.82, 2.24) is 9.27 Å². The Morgan fingerprint density at radius 2 is 1.68 bits per heavy atom. The smallest absolute Gasteiger partial charge is 0.244 e. The SMILES string of the molecule is CN(C1CCOCC1)C(C)(C)C(=O)Nc1cc(C(C)(C)C2CCOCC2)ns1. The van der Waals surface area contributed by atoms with E-state index in [1.54, 1.807) is 0 Å². The van der Waals surface area contributed by atoms with Gasteiger partial charge in [-0.1, -0.05) is 13.8 Å². The maximum Gasteiger partial charge on any atom is 0.244 e. The Kier molecular flexibility index (Phi) is 6.80. The molecular weight excluding hydrogens is 374 g/mol. The van der Waals surface area contributed by atoms with E-state index in [9.17, 15) is 4.79 Å². The average Bonchev–Trinajstić information content (AvgIpc) is 3.18. The zero-order chi connectivity index (χ0) is 20.4. The van der Waals surface area contributed by atoms with E-state index >= 15 is 0 Å². The number of anilines is 1. The van der Waals surface area contributed by atoms with Crippen molar-refractivity contribution in [2.24, 2.45) is 5.92 Å². The lowest BCUT2D eigenvalue weighted by atomic mass is 9.72. The molecule has 2 fully saturated rings. The number of hydrogen-bond acceptors (Lipinski definition) is 6. The van der Waals surface area contributed by atoms with Gasteiger partial charge in [0, 0.05) is 37.9 Å². The third-order valence-corrected chi connectivity index (χ3v) is 7.53. The average molecular weight is 410 g/mol. The molecule has 0 radical (unpaired) electrons. The van der Waals surface area contributed by atoms with Crippen molar-refractivity contribution in [3.05, 3.63) is 11.8 Å². The van der Waals surface area contributed by atoms with Crippen LogP contribution in [0.2, 0.25) is 0 Å². The summed E-state index contributed by atoms with van der Waals surface area (Å²) in [5.74, 6) is 0.573. The van der Waals surface area contributed by atoms with E-state index < -0.39 is 5.54 Å². The van der Waals surface area contributed by atoms with Crippen LogP contribution in [0.1, 0.15) is 59.1 Å². The molecular formula is C21H35N3O3S. The van der Waals surface area contributed by atoms with Gasteiger partial charge in [-0.2, -0.15) is 4.37 Å². The summed E-state index contributed by atoms with van der Waals surface area (Å²) >= 11 is 1.38. The van der Waals surface area contributed by atoms with Gasteiger partial charge in [0.05, 0.1) is 11.2 Å². The van der Waals surface area contributed by atoms with Gasteiger partial charge in [0.1, 0.15) is 5.00 Å². The van der Waals surface area contributed by atoms with Crippen molar-refractivity contribution in [2.45, 2.75) is 70.4 Å². The minimum absolute atomic E-state index is 0.0144. The first kappa shape index (κ1) is 21.7. The number of nitrogens with one attached hydrogen (secondary N) is 1. The number of amides is 1. The van der Waals surface area contributed by atoms with Crippen LogP contribution in [0.25, 0.3) is 0 Å². The summed E-state index contributed by atoms with van der Waals surface area (Å²) in [5.41, 5.74) is 0.454. The number of nitrogens with zero attached hydrogens (tertiary/aromatic N) is 2. The normalized spacial score (nSPS) is 20.5. The molecule has 3 rings (SSSR count). The molecule has 1 aromatic heterocycles. The quantitative estimate of drug-likeness (QED) is 0.777. The maximum atomic E-state index is 13.1. The van der Waals surface area contributed by atoms with Crippen LogP contribution in [-0.2, 0) is 19.7 Å². The molecule has 3 heterocycles. The van der Waals surface area contributed by atoms with Gasteiger partial charge in [-0.15, -0.1) is 0 Å². The number of hydrogen-bond donors (Lipinski definition) is 1. The molecule has 0 unspecified atom stereocenters. The standard InChI is InChI=1S/C21H35N3O3S/c1-20(2,15-6-10-26-11-7-15)17-14-18(28-23-17)22-19(25)21(3,4)24(5)16-8-12-27-13-9-16/h14-16H,6-13H2,1-5H3,(H,22,25). The molecule has 0 bridgehead atoms. The first-order chi connectivity index (χ1) is 13.2. The minimum atomic E-state index is -0.595. The summed E-state index contributed by atoms with van der Waals surface area (Å²) < 4.78 is 15.7. The number of ether oxygens (including phenoxy) is 2. The zero-order valence-corrected chi connectivity index (χ0v) is 18.7. The fourth-order valence-corrected chi connectivity index (χ4v) is 5.01. The number of aromatic nitrogens is 1. The summed E-state index contributed by atoms with van der Waals surface area (Å²) in [6.07, 6.45) is 4.07. The summed E-state index contributed by atoms with van der Waals surface area (Å²) in [5, 5.41) is 3.94. The van der Waals surface area contributed by atoms with Crippen LogP contribution >= 0.6 is 11.5 Å². The molecule has 0 aromatic carbocycles. The van der Waals surface area contributed by atoms with Gasteiger partial charge in [-0.25, -0.2) is 0 Å². The van der Waals surface area contributed by atoms with E-state index in [0.717, 1.165) is 62.8 Å². The molecule has 0 saturated carbocycles. The van der Waals surface area contributed by atoms with Crippen LogP contribution in [-0.4, -0.2) is 60.2 Å². The van der Waals surface area contributed by atoms with Crippen LogP contribution in [0.15, 0.2) is 6.07 Å². The predicted molar refractivity (Wildman–Crippen MR) is 113 cm³/mol. The van der Waals surface area contributed by atoms with Crippen molar-refractivity contribution in [3.63, 3.8) is 0 Å². The van der Waals surface area contributed by atoms with E-state index in [-0.39, 0.29) is 11.3 Å². The van der Waals surface area contributed by atoms with Crippen molar-refractivity contribution >= 4 is 22.4 Å². The van der Waals surface area contributed by atoms with Crippen molar-refractivity contribution < 1.29 is 14.3 Å². The van der Waals surface area contributed by atoms with Crippen molar-refractivity contribution in [3.8, 4) is 0 Å². The van der Waals surface area contributed by atoms with Gasteiger partial charge >= 0.3 is 0 Å². The molecule has 158 valence electrons. The summed E-state index contributed by atoms with van der Waals surface area (Å²) in [4.78, 5) is 15.3. The Labute approximate surface area is 173 Å². The Hall–Kier alpha value is -1.02. The largest absolute Gasteiger partial charge is 0.381 e. The Morgan fingerprint density at radius 3 is 2.29 bits per heavy atom. The van der Waals surface area contributed by atoms with Gasteiger partial charge in [0.25, 0.3) is 0 Å². The molecule has 2 saturated heterocycles. The van der Waals surface area contributed by atoms with Crippen LogP contribution < -0.4 is 5.32 Å². The lowest BCUT2D eigenvalue weighted by Crippen LogP contribution is -2.55. The van der Waals surface area contributed by atoms with Gasteiger partial charge in [0.15, 0.2) is 0 Å². The van der Waals surface area contributed by atoms with E-state index in [2.05, 4.69) is 34.5 Å². The molecule has 0 atom stereocenters. The van der Waals surface area contributed by atoms with Crippen molar-refractivity contribution in [2.75, 3.05) is 38.8 Å². The Morgan fingerprint density at radius 1 is 1.11 bits per heavy atom. The molecule has 7 heteroatoms. The first-order valence-corrected chi connectivity index (χ1v) is 11.2. The highest BCUT2D eigenvalue weighted by Crippen LogP contribution is 2.39. The Balaban J connectivity index is 1.65. The third kappa shape index (κ3) is 4.58. The molecule has 1 aromatic rings. The van der Waals surface area contributed by atoms with Gasteiger partial charge in [-0.05, 0) is 70.1 Å². The lowest BCUT2D eigenvalue weighted by Gasteiger charge is -2.41. The molecule has 2 aliphatic heterocycles. The second-order valence-corrected chi connectivity index (χ2v) is 9.96. The number of carbonyl (C=O) groups is 1. The summed E-state index contributed by atoms with van der Waals surface area (Å²) in [7, 11) is 2.04. The fourth-order valence-electron chi connectivity index (χ4n) is 4.22. The monoisotopic (exact) mass is 409 g/mol. The zero-order valence-electron chi connectivity index (χ0n) is 17.9. The third-order valence-electron chi connectivity index (χ3n) is 6.82. The maximum absolute atomic E-state index is 13.1. The molecule has 1 N–H and O–H groups in total. The van der Waals surface area contributed by atoms with E-state index in [1.807, 2.05) is 20.9 Å². The van der Waals surface area contributed by atoms with Crippen LogP contribution in [0.4, 0.5) is 5.00 Å². The number of rotatable bonds is 6. The first-order valence-electron chi connectivity index (χ1n) is 10.4. The van der Waals surface area contributed by atoms with Gasteiger partial charge < -0.3 is 14.8 Å². The van der Waals surface area contributed by atoms with Gasteiger partial charge in [0.2, 0.25) is 5.91 Å². The van der Waals surface area contributed by atoms with E-state index in [4.69, 9.17) is 9.47 Å². The molecule has 28 heavy (non-hydrogen) atoms. The highest BCUT2D eigenvalue weighted by molar-refractivity contribution is 7.10. The molecule has 6 nitrogen and oxygen atoms in total. The van der Waals surface area contributed by atoms with Crippen LogP contribution in [0.5, 0.6) is 0 Å².